The molecule has 0 radical (unpaired) electrons. The number of aliphatic hydroxyl groups is 1. The molecule has 0 saturated heterocycles. The number of hydrogen-bond donors (Lipinski definition) is 1. The normalized spacial score (nSPS) is 12.9. The van der Waals surface area contributed by atoms with Crippen LogP contribution in [0.2, 0.25) is 5.02 Å². The molecule has 0 aliphatic carbocycles. The first kappa shape index (κ1) is 22.5. The van der Waals surface area contributed by atoms with Gasteiger partial charge in [-0.25, -0.2) is 4.68 Å². The number of rotatable bonds is 4. The average Bonchev–Trinajstić information content (AvgIpc) is 3.32. The zero-order valence-electron chi connectivity index (χ0n) is 19.0. The summed E-state index contributed by atoms with van der Waals surface area (Å²) in [6, 6.07) is 23.2. The monoisotopic (exact) mass is 481 g/mol. The van der Waals surface area contributed by atoms with E-state index >= 15 is 0 Å². The van der Waals surface area contributed by atoms with E-state index in [-0.39, 0.29) is 5.56 Å². The predicted molar refractivity (Wildman–Crippen MR) is 134 cm³/mol. The van der Waals surface area contributed by atoms with Crippen molar-refractivity contribution in [2.75, 3.05) is 0 Å². The highest BCUT2D eigenvalue weighted by atomic mass is 35.5. The summed E-state index contributed by atoms with van der Waals surface area (Å²) in [4.78, 5) is 12.8. The Hall–Kier alpha value is -4.25. The average molecular weight is 482 g/mol. The van der Waals surface area contributed by atoms with Crippen molar-refractivity contribution < 1.29 is 5.11 Å². The van der Waals surface area contributed by atoms with E-state index in [1.807, 2.05) is 18.2 Å². The molecular weight excluding hydrogens is 462 g/mol. The maximum atomic E-state index is 12.8. The van der Waals surface area contributed by atoms with Crippen LogP contribution in [0.1, 0.15) is 22.4 Å². The quantitative estimate of drug-likeness (QED) is 0.416. The summed E-state index contributed by atoms with van der Waals surface area (Å²) >= 11 is 6.12. The predicted octanol–water partition coefficient (Wildman–Crippen LogP) is 4.14. The van der Waals surface area contributed by atoms with Crippen molar-refractivity contribution in [1.29, 1.82) is 5.26 Å². The van der Waals surface area contributed by atoms with Gasteiger partial charge >= 0.3 is 0 Å². The van der Waals surface area contributed by atoms with Crippen molar-refractivity contribution in [1.82, 2.24) is 19.6 Å². The molecule has 0 aliphatic rings. The Morgan fingerprint density at radius 1 is 1.00 bits per heavy atom. The summed E-state index contributed by atoms with van der Waals surface area (Å²) in [6.45, 7) is 0. The van der Waals surface area contributed by atoms with Crippen LogP contribution in [0.15, 0.2) is 83.8 Å². The van der Waals surface area contributed by atoms with Crippen molar-refractivity contribution in [3.8, 4) is 17.2 Å². The van der Waals surface area contributed by atoms with Gasteiger partial charge in [-0.3, -0.25) is 4.79 Å². The highest BCUT2D eigenvalue weighted by Crippen LogP contribution is 2.39. The van der Waals surface area contributed by atoms with Crippen LogP contribution in [0.3, 0.4) is 0 Å². The van der Waals surface area contributed by atoms with E-state index in [1.54, 1.807) is 73.3 Å². The lowest BCUT2D eigenvalue weighted by Gasteiger charge is -2.29. The summed E-state index contributed by atoms with van der Waals surface area (Å²) < 4.78 is 3.08. The van der Waals surface area contributed by atoms with Crippen molar-refractivity contribution in [2.45, 2.75) is 5.60 Å². The van der Waals surface area contributed by atoms with E-state index in [9.17, 15) is 15.2 Å². The first-order valence-corrected chi connectivity index (χ1v) is 11.2. The van der Waals surface area contributed by atoms with Crippen LogP contribution in [0.4, 0.5) is 0 Å². The highest BCUT2D eigenvalue weighted by Gasteiger charge is 2.37. The first-order chi connectivity index (χ1) is 16.8. The maximum absolute atomic E-state index is 12.8. The van der Waals surface area contributed by atoms with Crippen LogP contribution in [0, 0.1) is 11.3 Å². The van der Waals surface area contributed by atoms with Gasteiger partial charge in [0.15, 0.2) is 5.60 Å². The molecule has 0 amide bonds. The zero-order chi connectivity index (χ0) is 24.7. The third-order valence-electron chi connectivity index (χ3n) is 6.31. The maximum Gasteiger partial charge on any atom is 0.251 e. The standard InChI is InChI=1S/C27H20ClN5O2/c1-32-24-11-8-20(13-23(24)22(14-26(32)34)18-5-3-4-17(12-18)15-29)27(35,25-16-30-31-33(25)2)19-6-9-21(28)10-7-19/h3-14,16,35H,1-2H3/t27-/m1/s1. The summed E-state index contributed by atoms with van der Waals surface area (Å²) in [7, 11) is 3.42. The van der Waals surface area contributed by atoms with Crippen LogP contribution >= 0.6 is 11.6 Å². The second-order valence-electron chi connectivity index (χ2n) is 8.34. The van der Waals surface area contributed by atoms with Crippen molar-refractivity contribution in [3.63, 3.8) is 0 Å². The minimum atomic E-state index is -1.60. The molecule has 172 valence electrons. The van der Waals surface area contributed by atoms with Crippen LogP contribution in [0.25, 0.3) is 22.0 Å². The number of aryl methyl sites for hydroxylation is 2. The second-order valence-corrected chi connectivity index (χ2v) is 8.78. The van der Waals surface area contributed by atoms with Crippen molar-refractivity contribution >= 4 is 22.5 Å². The van der Waals surface area contributed by atoms with E-state index in [1.165, 1.54) is 10.9 Å². The third kappa shape index (κ3) is 3.69. The molecule has 0 spiro atoms. The van der Waals surface area contributed by atoms with Gasteiger partial charge in [-0.15, -0.1) is 5.10 Å². The molecule has 0 saturated carbocycles. The number of benzene rings is 3. The molecular formula is C27H20ClN5O2. The molecule has 2 heterocycles. The Labute approximate surface area is 206 Å². The zero-order valence-corrected chi connectivity index (χ0v) is 19.7. The van der Waals surface area contributed by atoms with Crippen molar-refractivity contribution in [2.24, 2.45) is 14.1 Å². The Kier molecular flexibility index (Phi) is 5.48. The number of pyridine rings is 1. The smallest absolute Gasteiger partial charge is 0.251 e. The van der Waals surface area contributed by atoms with E-state index in [2.05, 4.69) is 16.4 Å². The lowest BCUT2D eigenvalue weighted by molar-refractivity contribution is 0.116. The Morgan fingerprint density at radius 2 is 1.74 bits per heavy atom. The van der Waals surface area contributed by atoms with E-state index in [0.717, 1.165) is 10.9 Å². The number of aromatic nitrogens is 4. The van der Waals surface area contributed by atoms with E-state index in [0.29, 0.717) is 38.5 Å². The molecule has 0 bridgehead atoms. The summed E-state index contributed by atoms with van der Waals surface area (Å²) in [5.74, 6) is 0. The Balaban J connectivity index is 1.84. The van der Waals surface area contributed by atoms with Gasteiger partial charge < -0.3 is 9.67 Å². The number of nitrogens with zero attached hydrogens (tertiary/aromatic N) is 5. The molecule has 0 unspecified atom stereocenters. The van der Waals surface area contributed by atoms with Gasteiger partial charge in [0.25, 0.3) is 5.56 Å². The molecule has 0 aliphatic heterocycles. The number of hydrogen-bond acceptors (Lipinski definition) is 5. The van der Waals surface area contributed by atoms with Gasteiger partial charge in [0, 0.05) is 30.6 Å². The molecule has 2 aromatic heterocycles. The van der Waals surface area contributed by atoms with Crippen LogP contribution in [-0.2, 0) is 19.7 Å². The van der Waals surface area contributed by atoms with Gasteiger partial charge in [-0.05, 0) is 58.7 Å². The fourth-order valence-electron chi connectivity index (χ4n) is 4.45. The lowest BCUT2D eigenvalue weighted by Crippen LogP contribution is -2.31. The summed E-state index contributed by atoms with van der Waals surface area (Å²) in [5.41, 5.74) is 2.44. The number of nitriles is 1. The minimum Gasteiger partial charge on any atom is -0.374 e. The van der Waals surface area contributed by atoms with Gasteiger partial charge in [-0.1, -0.05) is 47.1 Å². The first-order valence-electron chi connectivity index (χ1n) is 10.8. The molecule has 1 N–H and O–H groups in total. The van der Waals surface area contributed by atoms with Gasteiger partial charge in [-0.2, -0.15) is 5.26 Å². The van der Waals surface area contributed by atoms with Crippen LogP contribution in [-0.4, -0.2) is 24.7 Å². The highest BCUT2D eigenvalue weighted by molar-refractivity contribution is 6.30. The molecule has 5 aromatic rings. The molecule has 0 fully saturated rings. The van der Waals surface area contributed by atoms with E-state index < -0.39 is 5.60 Å². The summed E-state index contributed by atoms with van der Waals surface area (Å²) in [6.07, 6.45) is 1.52. The molecule has 8 heteroatoms. The Morgan fingerprint density at radius 3 is 2.43 bits per heavy atom. The largest absolute Gasteiger partial charge is 0.374 e. The molecule has 5 rings (SSSR count). The number of fused-ring (bicyclic) bond motifs is 1. The van der Waals surface area contributed by atoms with Crippen LogP contribution in [0.5, 0.6) is 0 Å². The Bertz CT molecular complexity index is 1680. The SMILES string of the molecule is Cn1nncc1[C@@](O)(c1ccc(Cl)cc1)c1ccc2c(c1)c(-c1cccc(C#N)c1)cc(=O)n2C. The van der Waals surface area contributed by atoms with Crippen molar-refractivity contribution in [3.05, 3.63) is 117 Å². The second kappa shape index (κ2) is 8.51. The lowest BCUT2D eigenvalue weighted by atomic mass is 9.82. The summed E-state index contributed by atoms with van der Waals surface area (Å²) in [5, 5.41) is 30.9. The fraction of sp³-hybridized carbons (Fsp3) is 0.111. The topological polar surface area (TPSA) is 96.7 Å². The number of halogens is 1. The molecule has 3 aromatic carbocycles. The van der Waals surface area contributed by atoms with Gasteiger partial charge in [0.05, 0.1) is 29.0 Å². The third-order valence-corrected chi connectivity index (χ3v) is 6.57. The fourth-order valence-corrected chi connectivity index (χ4v) is 4.58. The van der Waals surface area contributed by atoms with Gasteiger partial charge in [0.1, 0.15) is 0 Å². The minimum absolute atomic E-state index is 0.175. The molecule has 35 heavy (non-hydrogen) atoms. The van der Waals surface area contributed by atoms with Gasteiger partial charge in [0.2, 0.25) is 0 Å². The van der Waals surface area contributed by atoms with E-state index in [4.69, 9.17) is 11.6 Å². The molecule has 7 nitrogen and oxygen atoms in total. The van der Waals surface area contributed by atoms with Crippen LogP contribution < -0.4 is 5.56 Å². The molecule has 1 atom stereocenters.